The summed E-state index contributed by atoms with van der Waals surface area (Å²) in [6, 6.07) is 7.72. The van der Waals surface area contributed by atoms with E-state index in [0.717, 1.165) is 25.1 Å². The zero-order valence-corrected chi connectivity index (χ0v) is 12.6. The zero-order valence-electron chi connectivity index (χ0n) is 12.6. The van der Waals surface area contributed by atoms with Gasteiger partial charge in [-0.15, -0.1) is 0 Å². The van der Waals surface area contributed by atoms with E-state index < -0.39 is 0 Å². The van der Waals surface area contributed by atoms with Crippen LogP contribution in [0.3, 0.4) is 0 Å². The molecule has 0 spiro atoms. The van der Waals surface area contributed by atoms with E-state index in [2.05, 4.69) is 31.0 Å². The molecule has 0 saturated heterocycles. The average Bonchev–Trinajstić information content (AvgIpc) is 2.44. The molecule has 108 valence electrons. The fourth-order valence-corrected chi connectivity index (χ4v) is 2.42. The minimum atomic E-state index is -0.173. The van der Waals surface area contributed by atoms with E-state index in [0.29, 0.717) is 12.1 Å². The summed E-state index contributed by atoms with van der Waals surface area (Å²) in [5.74, 6) is -0.173. The van der Waals surface area contributed by atoms with Crippen LogP contribution in [0, 0.1) is 5.82 Å². The van der Waals surface area contributed by atoms with Gasteiger partial charge in [-0.3, -0.25) is 0 Å². The Labute approximate surface area is 117 Å². The second-order valence-corrected chi connectivity index (χ2v) is 5.07. The maximum Gasteiger partial charge on any atom is 0.123 e. The van der Waals surface area contributed by atoms with Gasteiger partial charge in [-0.1, -0.05) is 26.0 Å². The highest BCUT2D eigenvalue weighted by atomic mass is 19.1. The molecule has 0 heterocycles. The van der Waals surface area contributed by atoms with Gasteiger partial charge in [-0.25, -0.2) is 4.39 Å². The van der Waals surface area contributed by atoms with Gasteiger partial charge >= 0.3 is 0 Å². The Morgan fingerprint density at radius 3 is 2.32 bits per heavy atom. The summed E-state index contributed by atoms with van der Waals surface area (Å²) in [6.07, 6.45) is 2.22. The number of nitrogens with one attached hydrogen (secondary N) is 1. The summed E-state index contributed by atoms with van der Waals surface area (Å²) in [6.45, 7) is 8.85. The zero-order chi connectivity index (χ0) is 14.3. The standard InChI is InChI=1S/C16H27FN2/c1-5-13(3)19(6-2)12-11-16(18-4)14-7-9-15(17)10-8-14/h7-10,13,16,18H,5-6,11-12H2,1-4H3. The average molecular weight is 266 g/mol. The van der Waals surface area contributed by atoms with Crippen LogP contribution in [0.15, 0.2) is 24.3 Å². The Balaban J connectivity index is 2.59. The van der Waals surface area contributed by atoms with Crippen molar-refractivity contribution in [1.29, 1.82) is 0 Å². The van der Waals surface area contributed by atoms with E-state index in [9.17, 15) is 4.39 Å². The molecule has 2 nitrogen and oxygen atoms in total. The third-order valence-corrected chi connectivity index (χ3v) is 3.95. The summed E-state index contributed by atoms with van der Waals surface area (Å²) in [7, 11) is 1.97. The summed E-state index contributed by atoms with van der Waals surface area (Å²) in [5.41, 5.74) is 1.16. The molecule has 19 heavy (non-hydrogen) atoms. The molecule has 0 bridgehead atoms. The summed E-state index contributed by atoms with van der Waals surface area (Å²) < 4.78 is 12.9. The maximum atomic E-state index is 12.9. The smallest absolute Gasteiger partial charge is 0.123 e. The van der Waals surface area contributed by atoms with Gasteiger partial charge in [0.15, 0.2) is 0 Å². The van der Waals surface area contributed by atoms with Crippen LogP contribution in [0.4, 0.5) is 4.39 Å². The second-order valence-electron chi connectivity index (χ2n) is 5.07. The molecular formula is C16H27FN2. The number of rotatable bonds is 8. The van der Waals surface area contributed by atoms with E-state index in [1.54, 1.807) is 0 Å². The van der Waals surface area contributed by atoms with Gasteiger partial charge in [-0.2, -0.15) is 0 Å². The Bertz CT molecular complexity index is 350. The van der Waals surface area contributed by atoms with Crippen molar-refractivity contribution in [3.05, 3.63) is 35.6 Å². The molecule has 1 N–H and O–H groups in total. The first-order chi connectivity index (χ1) is 9.12. The fraction of sp³-hybridized carbons (Fsp3) is 0.625. The molecule has 0 aliphatic rings. The van der Waals surface area contributed by atoms with Crippen LogP contribution in [0.25, 0.3) is 0 Å². The lowest BCUT2D eigenvalue weighted by molar-refractivity contribution is 0.204. The van der Waals surface area contributed by atoms with Crippen molar-refractivity contribution < 1.29 is 4.39 Å². The molecule has 0 fully saturated rings. The Kier molecular flexibility index (Phi) is 7.03. The van der Waals surface area contributed by atoms with Crippen molar-refractivity contribution in [3.63, 3.8) is 0 Å². The first-order valence-corrected chi connectivity index (χ1v) is 7.29. The van der Waals surface area contributed by atoms with Crippen molar-refractivity contribution in [2.24, 2.45) is 0 Å². The van der Waals surface area contributed by atoms with Crippen LogP contribution in [0.2, 0.25) is 0 Å². The van der Waals surface area contributed by atoms with Gasteiger partial charge in [0.25, 0.3) is 0 Å². The molecule has 2 atom stereocenters. The Morgan fingerprint density at radius 1 is 1.21 bits per heavy atom. The monoisotopic (exact) mass is 266 g/mol. The molecule has 1 rings (SSSR count). The van der Waals surface area contributed by atoms with Gasteiger partial charge in [0.2, 0.25) is 0 Å². The van der Waals surface area contributed by atoms with Gasteiger partial charge in [0.1, 0.15) is 5.82 Å². The van der Waals surface area contributed by atoms with Crippen LogP contribution in [0.5, 0.6) is 0 Å². The van der Waals surface area contributed by atoms with Crippen molar-refractivity contribution in [2.75, 3.05) is 20.1 Å². The topological polar surface area (TPSA) is 15.3 Å². The highest BCUT2D eigenvalue weighted by Crippen LogP contribution is 2.18. The van der Waals surface area contributed by atoms with Gasteiger partial charge in [-0.05, 0) is 51.1 Å². The van der Waals surface area contributed by atoms with E-state index in [1.807, 2.05) is 19.2 Å². The quantitative estimate of drug-likeness (QED) is 0.773. The second kappa shape index (κ2) is 8.28. The minimum absolute atomic E-state index is 0.173. The van der Waals surface area contributed by atoms with Crippen molar-refractivity contribution >= 4 is 0 Å². The van der Waals surface area contributed by atoms with Crippen LogP contribution < -0.4 is 5.32 Å². The molecule has 0 radical (unpaired) electrons. The van der Waals surface area contributed by atoms with Crippen molar-refractivity contribution in [2.45, 2.75) is 45.7 Å². The summed E-state index contributed by atoms with van der Waals surface area (Å²) in [5, 5.41) is 3.33. The van der Waals surface area contributed by atoms with Gasteiger partial charge < -0.3 is 10.2 Å². The number of hydrogen-bond donors (Lipinski definition) is 1. The minimum Gasteiger partial charge on any atom is -0.313 e. The molecule has 0 amide bonds. The molecule has 0 aliphatic heterocycles. The van der Waals surface area contributed by atoms with Crippen molar-refractivity contribution in [3.8, 4) is 0 Å². The van der Waals surface area contributed by atoms with Crippen LogP contribution in [0.1, 0.15) is 45.2 Å². The van der Waals surface area contributed by atoms with E-state index in [4.69, 9.17) is 0 Å². The highest BCUT2D eigenvalue weighted by molar-refractivity contribution is 5.19. The van der Waals surface area contributed by atoms with Crippen LogP contribution in [-0.2, 0) is 0 Å². The lowest BCUT2D eigenvalue weighted by atomic mass is 10.0. The number of benzene rings is 1. The number of hydrogen-bond acceptors (Lipinski definition) is 2. The Hall–Kier alpha value is -0.930. The first kappa shape index (κ1) is 16.1. The van der Waals surface area contributed by atoms with Gasteiger partial charge in [0.05, 0.1) is 0 Å². The maximum absolute atomic E-state index is 12.9. The molecule has 0 aliphatic carbocycles. The SMILES string of the molecule is CCC(C)N(CC)CCC(NC)c1ccc(F)cc1. The number of halogens is 1. The van der Waals surface area contributed by atoms with Gasteiger partial charge in [0, 0.05) is 18.6 Å². The van der Waals surface area contributed by atoms with E-state index in [-0.39, 0.29) is 5.82 Å². The lowest BCUT2D eigenvalue weighted by Gasteiger charge is -2.29. The molecule has 0 saturated carbocycles. The molecule has 0 aromatic heterocycles. The third kappa shape index (κ3) is 4.92. The van der Waals surface area contributed by atoms with Crippen LogP contribution in [-0.4, -0.2) is 31.1 Å². The molecule has 2 unspecified atom stereocenters. The largest absolute Gasteiger partial charge is 0.313 e. The predicted octanol–water partition coefficient (Wildman–Crippen LogP) is 3.60. The molecule has 1 aromatic rings. The summed E-state index contributed by atoms with van der Waals surface area (Å²) >= 11 is 0. The van der Waals surface area contributed by atoms with E-state index in [1.165, 1.54) is 18.6 Å². The molecule has 1 aromatic carbocycles. The Morgan fingerprint density at radius 2 is 1.84 bits per heavy atom. The van der Waals surface area contributed by atoms with E-state index >= 15 is 0 Å². The lowest BCUT2D eigenvalue weighted by Crippen LogP contribution is -2.35. The predicted molar refractivity (Wildman–Crippen MR) is 79.8 cm³/mol. The summed E-state index contributed by atoms with van der Waals surface area (Å²) in [4.78, 5) is 2.49. The van der Waals surface area contributed by atoms with Crippen LogP contribution >= 0.6 is 0 Å². The highest BCUT2D eigenvalue weighted by Gasteiger charge is 2.14. The number of nitrogens with zero attached hydrogens (tertiary/aromatic N) is 1. The van der Waals surface area contributed by atoms with Crippen molar-refractivity contribution in [1.82, 2.24) is 10.2 Å². The molecular weight excluding hydrogens is 239 g/mol. The third-order valence-electron chi connectivity index (χ3n) is 3.95. The molecule has 3 heteroatoms. The first-order valence-electron chi connectivity index (χ1n) is 7.29. The fourth-order valence-electron chi connectivity index (χ4n) is 2.42. The normalized spacial score (nSPS) is 14.6.